The molecule has 0 bridgehead atoms. The van der Waals surface area contributed by atoms with E-state index in [9.17, 15) is 4.79 Å². The topological polar surface area (TPSA) is 47.6 Å². The van der Waals surface area contributed by atoms with E-state index >= 15 is 0 Å². The Morgan fingerprint density at radius 1 is 1.37 bits per heavy atom. The molecule has 4 heteroatoms. The molecule has 0 aromatic heterocycles. The summed E-state index contributed by atoms with van der Waals surface area (Å²) in [5, 5.41) is 3.34. The highest BCUT2D eigenvalue weighted by Gasteiger charge is 2.45. The molecule has 2 rings (SSSR count). The van der Waals surface area contributed by atoms with Crippen LogP contribution in [0.4, 0.5) is 5.69 Å². The first-order chi connectivity index (χ1) is 9.11. The molecule has 104 valence electrons. The number of anilines is 1. The number of benzene rings is 1. The summed E-state index contributed by atoms with van der Waals surface area (Å²) >= 11 is 0. The van der Waals surface area contributed by atoms with Gasteiger partial charge in [-0.15, -0.1) is 0 Å². The van der Waals surface area contributed by atoms with Crippen molar-refractivity contribution < 1.29 is 14.3 Å². The molecule has 0 saturated heterocycles. The first-order valence-electron chi connectivity index (χ1n) is 6.58. The van der Waals surface area contributed by atoms with E-state index in [0.717, 1.165) is 36.3 Å². The molecule has 1 saturated carbocycles. The molecule has 19 heavy (non-hydrogen) atoms. The van der Waals surface area contributed by atoms with Crippen molar-refractivity contribution in [2.45, 2.75) is 26.2 Å². The number of esters is 1. The van der Waals surface area contributed by atoms with E-state index in [1.807, 2.05) is 25.1 Å². The van der Waals surface area contributed by atoms with Crippen LogP contribution in [0.5, 0.6) is 5.75 Å². The lowest BCUT2D eigenvalue weighted by atomic mass is 9.68. The van der Waals surface area contributed by atoms with Gasteiger partial charge in [0.05, 0.1) is 19.6 Å². The van der Waals surface area contributed by atoms with Crippen molar-refractivity contribution in [3.8, 4) is 5.75 Å². The summed E-state index contributed by atoms with van der Waals surface area (Å²) in [6.45, 7) is 2.63. The molecule has 1 N–H and O–H groups in total. The number of ether oxygens (including phenoxy) is 2. The van der Waals surface area contributed by atoms with Crippen molar-refractivity contribution >= 4 is 11.7 Å². The minimum atomic E-state index is -0.331. The minimum absolute atomic E-state index is 0.100. The highest BCUT2D eigenvalue weighted by molar-refractivity contribution is 5.78. The van der Waals surface area contributed by atoms with Gasteiger partial charge in [-0.3, -0.25) is 4.79 Å². The normalized spacial score (nSPS) is 16.4. The van der Waals surface area contributed by atoms with Gasteiger partial charge in [-0.2, -0.15) is 0 Å². The van der Waals surface area contributed by atoms with Crippen molar-refractivity contribution in [3.63, 3.8) is 0 Å². The van der Waals surface area contributed by atoms with Gasteiger partial charge < -0.3 is 14.8 Å². The Balaban J connectivity index is 2.02. The molecular formula is C15H21NO3. The van der Waals surface area contributed by atoms with Gasteiger partial charge in [0.1, 0.15) is 5.75 Å². The van der Waals surface area contributed by atoms with Crippen molar-refractivity contribution in [1.29, 1.82) is 0 Å². The number of carbonyl (C=O) groups excluding carboxylic acids is 1. The molecule has 0 aliphatic heterocycles. The molecular weight excluding hydrogens is 242 g/mol. The summed E-state index contributed by atoms with van der Waals surface area (Å²) in [6, 6.07) is 5.93. The fourth-order valence-electron chi connectivity index (χ4n) is 2.53. The number of nitrogens with one attached hydrogen (secondary N) is 1. The summed E-state index contributed by atoms with van der Waals surface area (Å²) in [5.41, 5.74) is 1.75. The Bertz CT molecular complexity index is 466. The molecule has 1 aromatic rings. The largest absolute Gasteiger partial charge is 0.496 e. The van der Waals surface area contributed by atoms with Gasteiger partial charge in [0.2, 0.25) is 0 Å². The monoisotopic (exact) mass is 263 g/mol. The zero-order valence-corrected chi connectivity index (χ0v) is 11.8. The molecule has 1 aliphatic rings. The summed E-state index contributed by atoms with van der Waals surface area (Å²) in [6.07, 6.45) is 2.90. The van der Waals surface area contributed by atoms with Crippen LogP contribution in [0.1, 0.15) is 24.8 Å². The molecule has 0 spiro atoms. The average molecular weight is 263 g/mol. The van der Waals surface area contributed by atoms with E-state index in [1.165, 1.54) is 7.11 Å². The van der Waals surface area contributed by atoms with Crippen molar-refractivity contribution in [2.75, 3.05) is 26.1 Å². The Morgan fingerprint density at radius 3 is 2.58 bits per heavy atom. The molecule has 4 nitrogen and oxygen atoms in total. The zero-order chi connectivity index (χ0) is 13.9. The lowest BCUT2D eigenvalue weighted by molar-refractivity contribution is -0.157. The third-order valence-electron chi connectivity index (χ3n) is 3.95. The van der Waals surface area contributed by atoms with Crippen LogP contribution in [-0.2, 0) is 9.53 Å². The van der Waals surface area contributed by atoms with E-state index in [-0.39, 0.29) is 11.4 Å². The second-order valence-corrected chi connectivity index (χ2v) is 5.16. The predicted octanol–water partition coefficient (Wildman–Crippen LogP) is 2.76. The number of aryl methyl sites for hydroxylation is 1. The molecule has 1 aromatic carbocycles. The lowest BCUT2D eigenvalue weighted by Crippen LogP contribution is -2.44. The molecule has 0 radical (unpaired) electrons. The Morgan fingerprint density at radius 2 is 2.11 bits per heavy atom. The van der Waals surface area contributed by atoms with E-state index in [2.05, 4.69) is 5.32 Å². The molecule has 0 unspecified atom stereocenters. The lowest BCUT2D eigenvalue weighted by Gasteiger charge is -2.39. The van der Waals surface area contributed by atoms with Gasteiger partial charge in [0, 0.05) is 12.2 Å². The molecule has 0 amide bonds. The number of carbonyl (C=O) groups is 1. The number of hydrogen-bond donors (Lipinski definition) is 1. The minimum Gasteiger partial charge on any atom is -0.496 e. The zero-order valence-electron chi connectivity index (χ0n) is 11.8. The van der Waals surface area contributed by atoms with Crippen LogP contribution in [0.3, 0.4) is 0 Å². The van der Waals surface area contributed by atoms with Crippen LogP contribution in [0, 0.1) is 12.3 Å². The second-order valence-electron chi connectivity index (χ2n) is 5.16. The van der Waals surface area contributed by atoms with Crippen molar-refractivity contribution in [3.05, 3.63) is 23.8 Å². The Kier molecular flexibility index (Phi) is 3.98. The summed E-state index contributed by atoms with van der Waals surface area (Å²) in [4.78, 5) is 11.8. The molecule has 0 heterocycles. The van der Waals surface area contributed by atoms with Gasteiger partial charge >= 0.3 is 5.97 Å². The summed E-state index contributed by atoms with van der Waals surface area (Å²) in [7, 11) is 3.12. The van der Waals surface area contributed by atoms with Crippen molar-refractivity contribution in [2.24, 2.45) is 5.41 Å². The fraction of sp³-hybridized carbons (Fsp3) is 0.533. The fourth-order valence-corrected chi connectivity index (χ4v) is 2.53. The Labute approximate surface area is 114 Å². The van der Waals surface area contributed by atoms with E-state index in [1.54, 1.807) is 7.11 Å². The maximum Gasteiger partial charge on any atom is 0.313 e. The maximum atomic E-state index is 11.8. The van der Waals surface area contributed by atoms with Crippen LogP contribution in [0.2, 0.25) is 0 Å². The standard InChI is InChI=1S/C15H21NO3/c1-11-9-12(5-6-13(11)18-2)16-10-15(7-4-8-15)14(17)19-3/h5-6,9,16H,4,7-8,10H2,1-3H3. The van der Waals surface area contributed by atoms with Crippen LogP contribution in [0.25, 0.3) is 0 Å². The molecule has 1 fully saturated rings. The van der Waals surface area contributed by atoms with Crippen LogP contribution in [-0.4, -0.2) is 26.7 Å². The molecule has 1 aliphatic carbocycles. The van der Waals surface area contributed by atoms with E-state index < -0.39 is 0 Å². The number of rotatable bonds is 5. The van der Waals surface area contributed by atoms with E-state index in [4.69, 9.17) is 9.47 Å². The first-order valence-corrected chi connectivity index (χ1v) is 6.58. The number of hydrogen-bond acceptors (Lipinski definition) is 4. The Hall–Kier alpha value is -1.71. The van der Waals surface area contributed by atoms with Crippen LogP contribution >= 0.6 is 0 Å². The SMILES string of the molecule is COC(=O)C1(CNc2ccc(OC)c(C)c2)CCC1. The smallest absolute Gasteiger partial charge is 0.313 e. The van der Waals surface area contributed by atoms with Crippen LogP contribution in [0.15, 0.2) is 18.2 Å². The highest BCUT2D eigenvalue weighted by Crippen LogP contribution is 2.42. The summed E-state index contributed by atoms with van der Waals surface area (Å²) < 4.78 is 10.1. The van der Waals surface area contributed by atoms with Gasteiger partial charge in [0.25, 0.3) is 0 Å². The maximum absolute atomic E-state index is 11.8. The second kappa shape index (κ2) is 5.51. The van der Waals surface area contributed by atoms with Gasteiger partial charge in [0.15, 0.2) is 0 Å². The van der Waals surface area contributed by atoms with Crippen molar-refractivity contribution in [1.82, 2.24) is 0 Å². The average Bonchev–Trinajstić information content (AvgIpc) is 2.37. The third-order valence-corrected chi connectivity index (χ3v) is 3.95. The number of methoxy groups -OCH3 is 2. The van der Waals surface area contributed by atoms with E-state index in [0.29, 0.717) is 6.54 Å². The first kappa shape index (κ1) is 13.7. The van der Waals surface area contributed by atoms with Gasteiger partial charge in [-0.25, -0.2) is 0 Å². The van der Waals surface area contributed by atoms with Gasteiger partial charge in [-0.05, 0) is 43.5 Å². The molecule has 0 atom stereocenters. The third kappa shape index (κ3) is 2.67. The van der Waals surface area contributed by atoms with Gasteiger partial charge in [-0.1, -0.05) is 6.42 Å². The van der Waals surface area contributed by atoms with Crippen LogP contribution < -0.4 is 10.1 Å². The highest BCUT2D eigenvalue weighted by atomic mass is 16.5. The summed E-state index contributed by atoms with van der Waals surface area (Å²) in [5.74, 6) is 0.772. The predicted molar refractivity (Wildman–Crippen MR) is 74.5 cm³/mol. The quantitative estimate of drug-likeness (QED) is 0.830.